The van der Waals surface area contributed by atoms with E-state index in [0.717, 1.165) is 22.4 Å². The van der Waals surface area contributed by atoms with E-state index < -0.39 is 10.0 Å². The van der Waals surface area contributed by atoms with Crippen molar-refractivity contribution in [2.75, 3.05) is 17.0 Å². The molecule has 3 rings (SSSR count). The Labute approximate surface area is 219 Å². The summed E-state index contributed by atoms with van der Waals surface area (Å²) in [5.41, 5.74) is 3.50. The molecule has 0 saturated carbocycles. The van der Waals surface area contributed by atoms with Crippen LogP contribution in [0.4, 0.5) is 5.69 Å². The zero-order chi connectivity index (χ0) is 24.9. The highest BCUT2D eigenvalue weighted by atomic mass is 35.5. The minimum atomic E-state index is -3.99. The molecule has 5 nitrogen and oxygen atoms in total. The Bertz CT molecular complexity index is 1310. The van der Waals surface area contributed by atoms with Crippen molar-refractivity contribution in [1.82, 2.24) is 5.32 Å². The highest BCUT2D eigenvalue weighted by molar-refractivity contribution is 7.98. The fourth-order valence-corrected chi connectivity index (χ4v) is 5.92. The van der Waals surface area contributed by atoms with Gasteiger partial charge in [-0.2, -0.15) is 11.8 Å². The van der Waals surface area contributed by atoms with Crippen LogP contribution in [0.1, 0.15) is 27.0 Å². The molecule has 0 unspecified atom stereocenters. The SMILES string of the molecule is Cc1ccc(NS(=O)(=O)c2cc(C(=O)NCCSCc3ccc(Cl)c(Cl)c3)ccc2Cl)c(C)c1. The van der Waals surface area contributed by atoms with Crippen LogP contribution in [0.5, 0.6) is 0 Å². The molecule has 0 radical (unpaired) electrons. The molecule has 0 bridgehead atoms. The van der Waals surface area contributed by atoms with Crippen molar-refractivity contribution >= 4 is 68.2 Å². The van der Waals surface area contributed by atoms with Gasteiger partial charge >= 0.3 is 0 Å². The Morgan fingerprint density at radius 2 is 1.65 bits per heavy atom. The van der Waals surface area contributed by atoms with Crippen LogP contribution in [0.2, 0.25) is 15.1 Å². The van der Waals surface area contributed by atoms with E-state index in [4.69, 9.17) is 34.8 Å². The zero-order valence-corrected chi connectivity index (χ0v) is 22.4. The Hall–Kier alpha value is -1.90. The Kier molecular flexibility index (Phi) is 9.18. The Balaban J connectivity index is 1.60. The van der Waals surface area contributed by atoms with Gasteiger partial charge in [0.15, 0.2) is 0 Å². The molecule has 0 aliphatic carbocycles. The largest absolute Gasteiger partial charge is 0.351 e. The van der Waals surface area contributed by atoms with Crippen LogP contribution in [-0.4, -0.2) is 26.6 Å². The third-order valence-corrected chi connectivity index (χ3v) is 8.51. The van der Waals surface area contributed by atoms with Gasteiger partial charge in [-0.05, 0) is 61.4 Å². The quantitative estimate of drug-likeness (QED) is 0.286. The number of sulfonamides is 1. The number of anilines is 1. The number of halogens is 3. The molecule has 0 aliphatic heterocycles. The van der Waals surface area contributed by atoms with E-state index in [0.29, 0.717) is 28.0 Å². The van der Waals surface area contributed by atoms with Crippen LogP contribution in [-0.2, 0) is 15.8 Å². The van der Waals surface area contributed by atoms with E-state index in [1.54, 1.807) is 23.9 Å². The van der Waals surface area contributed by atoms with Crippen molar-refractivity contribution in [3.05, 3.63) is 91.9 Å². The summed E-state index contributed by atoms with van der Waals surface area (Å²) in [6, 6.07) is 15.1. The first kappa shape index (κ1) is 26.7. The van der Waals surface area contributed by atoms with Gasteiger partial charge in [-0.1, -0.05) is 58.6 Å². The molecule has 0 atom stereocenters. The predicted octanol–water partition coefficient (Wildman–Crippen LogP) is 6.73. The number of hydrogen-bond donors (Lipinski definition) is 2. The Morgan fingerprint density at radius 3 is 2.35 bits per heavy atom. The molecular weight excluding hydrogens is 535 g/mol. The number of aryl methyl sites for hydroxylation is 2. The minimum Gasteiger partial charge on any atom is -0.351 e. The maximum Gasteiger partial charge on any atom is 0.263 e. The summed E-state index contributed by atoms with van der Waals surface area (Å²) < 4.78 is 28.5. The first-order chi connectivity index (χ1) is 16.1. The van der Waals surface area contributed by atoms with Gasteiger partial charge in [0.1, 0.15) is 4.90 Å². The van der Waals surface area contributed by atoms with Crippen LogP contribution in [0, 0.1) is 13.8 Å². The number of amides is 1. The summed E-state index contributed by atoms with van der Waals surface area (Å²) in [7, 11) is -3.99. The second kappa shape index (κ2) is 11.7. The maximum atomic E-state index is 13.0. The van der Waals surface area contributed by atoms with Gasteiger partial charge in [-0.15, -0.1) is 0 Å². The summed E-state index contributed by atoms with van der Waals surface area (Å²) in [6.45, 7) is 4.16. The molecule has 0 fully saturated rings. The van der Waals surface area contributed by atoms with E-state index in [1.807, 2.05) is 38.1 Å². The average Bonchev–Trinajstić information content (AvgIpc) is 2.78. The fourth-order valence-electron chi connectivity index (χ4n) is 3.14. The molecule has 3 aromatic rings. The molecule has 34 heavy (non-hydrogen) atoms. The van der Waals surface area contributed by atoms with Gasteiger partial charge in [-0.3, -0.25) is 9.52 Å². The summed E-state index contributed by atoms with van der Waals surface area (Å²) in [6.07, 6.45) is 0. The third kappa shape index (κ3) is 7.06. The molecule has 3 aromatic carbocycles. The maximum absolute atomic E-state index is 13.0. The van der Waals surface area contributed by atoms with Crippen molar-refractivity contribution in [2.24, 2.45) is 0 Å². The molecule has 0 spiro atoms. The topological polar surface area (TPSA) is 75.3 Å². The molecule has 1 amide bonds. The van der Waals surface area contributed by atoms with Crippen LogP contribution < -0.4 is 10.0 Å². The van der Waals surface area contributed by atoms with Crippen molar-refractivity contribution in [1.29, 1.82) is 0 Å². The number of hydrogen-bond acceptors (Lipinski definition) is 4. The molecule has 2 N–H and O–H groups in total. The van der Waals surface area contributed by atoms with E-state index in [2.05, 4.69) is 10.0 Å². The van der Waals surface area contributed by atoms with E-state index in [9.17, 15) is 13.2 Å². The van der Waals surface area contributed by atoms with E-state index in [1.165, 1.54) is 18.2 Å². The molecule has 10 heteroatoms. The van der Waals surface area contributed by atoms with Crippen LogP contribution in [0.3, 0.4) is 0 Å². The lowest BCUT2D eigenvalue weighted by Crippen LogP contribution is -2.26. The summed E-state index contributed by atoms with van der Waals surface area (Å²) in [5, 5.41) is 3.86. The smallest absolute Gasteiger partial charge is 0.263 e. The normalized spacial score (nSPS) is 11.3. The number of benzene rings is 3. The van der Waals surface area contributed by atoms with Gasteiger partial charge in [0, 0.05) is 23.6 Å². The molecule has 0 aliphatic rings. The second-order valence-electron chi connectivity index (χ2n) is 7.63. The zero-order valence-electron chi connectivity index (χ0n) is 18.5. The molecule has 180 valence electrons. The second-order valence-corrected chi connectivity index (χ2v) is 11.6. The van der Waals surface area contributed by atoms with Crippen LogP contribution in [0.15, 0.2) is 59.5 Å². The first-order valence-corrected chi connectivity index (χ1v) is 14.0. The van der Waals surface area contributed by atoms with Gasteiger partial charge < -0.3 is 5.32 Å². The monoisotopic (exact) mass is 556 g/mol. The summed E-state index contributed by atoms with van der Waals surface area (Å²) in [4.78, 5) is 12.4. The number of carbonyl (C=O) groups is 1. The summed E-state index contributed by atoms with van der Waals surface area (Å²) in [5.74, 6) is 1.01. The Morgan fingerprint density at radius 1 is 0.912 bits per heavy atom. The standard InChI is InChI=1S/C24H23Cl3N2O3S2/c1-15-3-8-22(16(2)11-15)29-34(31,32)23-13-18(5-7-20(23)26)24(30)28-9-10-33-14-17-4-6-19(25)21(27)12-17/h3-8,11-13,29H,9-10,14H2,1-2H3,(H,28,30). The predicted molar refractivity (Wildman–Crippen MR) is 143 cm³/mol. The van der Waals surface area contributed by atoms with Gasteiger partial charge in [0.25, 0.3) is 15.9 Å². The lowest BCUT2D eigenvalue weighted by molar-refractivity contribution is 0.0956. The molecule has 0 aromatic heterocycles. The van der Waals surface area contributed by atoms with Crippen LogP contribution >= 0.6 is 46.6 Å². The van der Waals surface area contributed by atoms with Gasteiger partial charge in [-0.25, -0.2) is 8.42 Å². The number of carbonyl (C=O) groups excluding carboxylic acids is 1. The third-order valence-electron chi connectivity index (χ3n) is 4.89. The number of rotatable bonds is 9. The highest BCUT2D eigenvalue weighted by Crippen LogP contribution is 2.27. The van der Waals surface area contributed by atoms with Gasteiger partial charge in [0.2, 0.25) is 0 Å². The van der Waals surface area contributed by atoms with Crippen LogP contribution in [0.25, 0.3) is 0 Å². The highest BCUT2D eigenvalue weighted by Gasteiger charge is 2.21. The van der Waals surface area contributed by atoms with Crippen molar-refractivity contribution in [3.8, 4) is 0 Å². The number of thioether (sulfide) groups is 1. The summed E-state index contributed by atoms with van der Waals surface area (Å²) >= 11 is 19.7. The van der Waals surface area contributed by atoms with Crippen molar-refractivity contribution in [2.45, 2.75) is 24.5 Å². The minimum absolute atomic E-state index is 0.0333. The van der Waals surface area contributed by atoms with Crippen molar-refractivity contribution in [3.63, 3.8) is 0 Å². The van der Waals surface area contributed by atoms with Gasteiger partial charge in [0.05, 0.1) is 20.8 Å². The van der Waals surface area contributed by atoms with E-state index >= 15 is 0 Å². The molecular formula is C24H23Cl3N2O3S2. The lowest BCUT2D eigenvalue weighted by Gasteiger charge is -2.13. The van der Waals surface area contributed by atoms with E-state index in [-0.39, 0.29) is 21.4 Å². The molecule has 0 heterocycles. The first-order valence-electron chi connectivity index (χ1n) is 10.3. The lowest BCUT2D eigenvalue weighted by atomic mass is 10.1. The van der Waals surface area contributed by atoms with Crippen molar-refractivity contribution < 1.29 is 13.2 Å². The molecule has 0 saturated heterocycles. The fraction of sp³-hybridized carbons (Fsp3) is 0.208. The average molecular weight is 558 g/mol. The number of nitrogens with one attached hydrogen (secondary N) is 2.